The lowest BCUT2D eigenvalue weighted by atomic mass is 10.1. The summed E-state index contributed by atoms with van der Waals surface area (Å²) in [4.78, 5) is 3.44. The van der Waals surface area contributed by atoms with Crippen LogP contribution in [0.25, 0.3) is 5.03 Å². The van der Waals surface area contributed by atoms with E-state index in [0.717, 1.165) is 12.1 Å². The first kappa shape index (κ1) is 9.86. The average Bonchev–Trinajstić information content (AvgIpc) is 2.01. The smallest absolute Gasteiger partial charge is 0.136 e. The molecular formula is C9H6ClF2N. The van der Waals surface area contributed by atoms with Crippen molar-refractivity contribution in [2.45, 2.75) is 0 Å². The lowest BCUT2D eigenvalue weighted by Gasteiger charge is -2.04. The quantitative estimate of drug-likeness (QED) is 0.650. The number of aliphatic imine (C=N–C) groups is 1. The maximum atomic E-state index is 13.1. The predicted molar refractivity (Wildman–Crippen MR) is 50.5 cm³/mol. The molecule has 0 N–H and O–H groups in total. The van der Waals surface area contributed by atoms with Crippen LogP contribution in [-0.4, -0.2) is 6.72 Å². The molecule has 0 amide bonds. The number of benzene rings is 1. The Kier molecular flexibility index (Phi) is 2.78. The fraction of sp³-hybridized carbons (Fsp3) is 0. The molecule has 1 rings (SSSR count). The number of hydrogen-bond acceptors (Lipinski definition) is 1. The first-order valence-corrected chi connectivity index (χ1v) is 3.74. The molecule has 0 aliphatic heterocycles. The van der Waals surface area contributed by atoms with E-state index >= 15 is 0 Å². The molecule has 0 spiro atoms. The molecule has 0 saturated heterocycles. The van der Waals surface area contributed by atoms with Gasteiger partial charge in [0.1, 0.15) is 11.6 Å². The molecule has 0 fully saturated rings. The molecule has 13 heavy (non-hydrogen) atoms. The van der Waals surface area contributed by atoms with Crippen molar-refractivity contribution in [3.05, 3.63) is 35.9 Å². The molecule has 1 aromatic rings. The van der Waals surface area contributed by atoms with E-state index in [0.29, 0.717) is 0 Å². The molecule has 0 aliphatic rings. The SMILES string of the molecule is C=Nc1cc(F)cc(F)c1C(=C)Cl. The third-order valence-electron chi connectivity index (χ3n) is 1.48. The van der Waals surface area contributed by atoms with Gasteiger partial charge in [-0.1, -0.05) is 18.2 Å². The van der Waals surface area contributed by atoms with Gasteiger partial charge < -0.3 is 0 Å². The zero-order chi connectivity index (χ0) is 10.0. The topological polar surface area (TPSA) is 12.4 Å². The van der Waals surface area contributed by atoms with Crippen molar-refractivity contribution in [3.63, 3.8) is 0 Å². The predicted octanol–water partition coefficient (Wildman–Crippen LogP) is 3.51. The second-order valence-corrected chi connectivity index (χ2v) is 2.80. The van der Waals surface area contributed by atoms with Gasteiger partial charge in [-0.15, -0.1) is 0 Å². The van der Waals surface area contributed by atoms with E-state index < -0.39 is 11.6 Å². The van der Waals surface area contributed by atoms with Gasteiger partial charge in [-0.25, -0.2) is 8.78 Å². The molecule has 0 unspecified atom stereocenters. The average molecular weight is 202 g/mol. The molecule has 0 bridgehead atoms. The molecule has 0 heterocycles. The summed E-state index contributed by atoms with van der Waals surface area (Å²) in [6.45, 7) is 6.51. The molecular weight excluding hydrogens is 196 g/mol. The van der Waals surface area contributed by atoms with E-state index in [4.69, 9.17) is 11.6 Å². The van der Waals surface area contributed by atoms with Crippen LogP contribution in [0.4, 0.5) is 14.5 Å². The molecule has 0 atom stereocenters. The highest BCUT2D eigenvalue weighted by molar-refractivity contribution is 6.48. The monoisotopic (exact) mass is 201 g/mol. The molecule has 1 nitrogen and oxygen atoms in total. The first-order valence-electron chi connectivity index (χ1n) is 3.37. The number of nitrogens with zero attached hydrogens (tertiary/aromatic N) is 1. The number of rotatable bonds is 2. The summed E-state index contributed by atoms with van der Waals surface area (Å²) < 4.78 is 25.7. The third kappa shape index (κ3) is 1.92. The van der Waals surface area contributed by atoms with Gasteiger partial charge in [0.25, 0.3) is 0 Å². The minimum atomic E-state index is -0.789. The van der Waals surface area contributed by atoms with Crippen molar-refractivity contribution < 1.29 is 8.78 Å². The highest BCUT2D eigenvalue weighted by Gasteiger charge is 2.11. The van der Waals surface area contributed by atoms with E-state index in [1.165, 1.54) is 0 Å². The molecule has 1 aromatic carbocycles. The summed E-state index contributed by atoms with van der Waals surface area (Å²) >= 11 is 5.50. The van der Waals surface area contributed by atoms with E-state index in [1.54, 1.807) is 0 Å². The second-order valence-electron chi connectivity index (χ2n) is 2.34. The maximum Gasteiger partial charge on any atom is 0.136 e. The van der Waals surface area contributed by atoms with Gasteiger partial charge in [0.05, 0.1) is 11.3 Å². The highest BCUT2D eigenvalue weighted by Crippen LogP contribution is 2.30. The van der Waals surface area contributed by atoms with Crippen LogP contribution >= 0.6 is 11.6 Å². The Morgan fingerprint density at radius 1 is 1.38 bits per heavy atom. The Bertz CT molecular complexity index is 374. The van der Waals surface area contributed by atoms with E-state index in [9.17, 15) is 8.78 Å². The Morgan fingerprint density at radius 3 is 2.46 bits per heavy atom. The summed E-state index contributed by atoms with van der Waals surface area (Å²) in [5.74, 6) is -1.51. The van der Waals surface area contributed by atoms with Gasteiger partial charge in [0.15, 0.2) is 0 Å². The van der Waals surface area contributed by atoms with Crippen molar-refractivity contribution in [1.82, 2.24) is 0 Å². The largest absolute Gasteiger partial charge is 0.264 e. The Labute approximate surface area is 79.4 Å². The highest BCUT2D eigenvalue weighted by atomic mass is 35.5. The Morgan fingerprint density at radius 2 is 2.00 bits per heavy atom. The Hall–Kier alpha value is -1.22. The zero-order valence-electron chi connectivity index (χ0n) is 6.65. The standard InChI is InChI=1S/C9H6ClF2N/c1-5(10)9-7(12)3-6(11)4-8(9)13-2/h3-4H,1-2H2. The van der Waals surface area contributed by atoms with Gasteiger partial charge >= 0.3 is 0 Å². The van der Waals surface area contributed by atoms with Gasteiger partial charge in [0, 0.05) is 17.2 Å². The van der Waals surface area contributed by atoms with Crippen LogP contribution in [0.3, 0.4) is 0 Å². The molecule has 4 heteroatoms. The van der Waals surface area contributed by atoms with Crippen molar-refractivity contribution in [3.8, 4) is 0 Å². The minimum Gasteiger partial charge on any atom is -0.264 e. The summed E-state index contributed by atoms with van der Waals surface area (Å²) in [5.41, 5.74) is 0.0376. The van der Waals surface area contributed by atoms with Gasteiger partial charge in [-0.2, -0.15) is 0 Å². The molecule has 0 aromatic heterocycles. The molecule has 0 saturated carbocycles. The number of halogens is 3. The fourth-order valence-corrected chi connectivity index (χ4v) is 1.14. The lowest BCUT2D eigenvalue weighted by Crippen LogP contribution is -1.88. The maximum absolute atomic E-state index is 13.1. The van der Waals surface area contributed by atoms with E-state index in [1.807, 2.05) is 0 Å². The molecule has 68 valence electrons. The van der Waals surface area contributed by atoms with Crippen LogP contribution in [0.15, 0.2) is 23.7 Å². The normalized spacial score (nSPS) is 9.77. The van der Waals surface area contributed by atoms with E-state index in [-0.39, 0.29) is 16.3 Å². The summed E-state index contributed by atoms with van der Waals surface area (Å²) in [5, 5.41) is -0.0279. The minimum absolute atomic E-state index is 0.0157. The van der Waals surface area contributed by atoms with Gasteiger partial charge in [-0.3, -0.25) is 4.99 Å². The third-order valence-corrected chi connectivity index (χ3v) is 1.66. The van der Waals surface area contributed by atoms with Crippen LogP contribution < -0.4 is 0 Å². The fourth-order valence-electron chi connectivity index (χ4n) is 0.953. The lowest BCUT2D eigenvalue weighted by molar-refractivity contribution is 0.582. The van der Waals surface area contributed by atoms with Crippen LogP contribution in [0, 0.1) is 11.6 Å². The van der Waals surface area contributed by atoms with E-state index in [2.05, 4.69) is 18.3 Å². The van der Waals surface area contributed by atoms with Gasteiger partial charge in [-0.05, 0) is 6.72 Å². The summed E-state index contributed by atoms with van der Waals surface area (Å²) in [7, 11) is 0. The van der Waals surface area contributed by atoms with Crippen LogP contribution in [-0.2, 0) is 0 Å². The van der Waals surface area contributed by atoms with Crippen LogP contribution in [0.2, 0.25) is 0 Å². The summed E-state index contributed by atoms with van der Waals surface area (Å²) in [6, 6.07) is 1.76. The first-order chi connectivity index (χ1) is 6.06. The molecule has 0 aliphatic carbocycles. The summed E-state index contributed by atoms with van der Waals surface area (Å²) in [6.07, 6.45) is 0. The van der Waals surface area contributed by atoms with Crippen molar-refractivity contribution >= 4 is 29.0 Å². The van der Waals surface area contributed by atoms with Crippen LogP contribution in [0.5, 0.6) is 0 Å². The Balaban J connectivity index is 3.47. The zero-order valence-corrected chi connectivity index (χ0v) is 7.41. The molecule has 0 radical (unpaired) electrons. The van der Waals surface area contributed by atoms with Crippen molar-refractivity contribution in [2.24, 2.45) is 4.99 Å². The van der Waals surface area contributed by atoms with Crippen molar-refractivity contribution in [2.75, 3.05) is 0 Å². The second kappa shape index (κ2) is 3.66. The van der Waals surface area contributed by atoms with Crippen LogP contribution in [0.1, 0.15) is 5.56 Å². The van der Waals surface area contributed by atoms with Gasteiger partial charge in [0.2, 0.25) is 0 Å². The number of hydrogen-bond donors (Lipinski definition) is 0. The van der Waals surface area contributed by atoms with Crippen molar-refractivity contribution in [1.29, 1.82) is 0 Å².